The third kappa shape index (κ3) is 2.70. The van der Waals surface area contributed by atoms with Crippen molar-refractivity contribution >= 4 is 0 Å². The van der Waals surface area contributed by atoms with Crippen molar-refractivity contribution < 1.29 is 0 Å². The molecule has 92 valence electrons. The molecule has 4 unspecified atom stereocenters. The number of nitrogens with one attached hydrogen (secondary N) is 1. The molecule has 2 aliphatic rings. The van der Waals surface area contributed by atoms with E-state index in [1.54, 1.807) is 0 Å². The van der Waals surface area contributed by atoms with Crippen molar-refractivity contribution in [1.82, 2.24) is 5.32 Å². The quantitative estimate of drug-likeness (QED) is 0.832. The van der Waals surface area contributed by atoms with Crippen molar-refractivity contribution in [2.75, 3.05) is 6.54 Å². The summed E-state index contributed by atoms with van der Waals surface area (Å²) in [7, 11) is 0. The Labute approximate surface area is 104 Å². The minimum atomic E-state index is 0.464. The van der Waals surface area contributed by atoms with Crippen molar-refractivity contribution in [3.8, 4) is 0 Å². The molecule has 0 bridgehead atoms. The molecule has 2 nitrogen and oxygen atoms in total. The van der Waals surface area contributed by atoms with Crippen LogP contribution < -0.4 is 11.1 Å². The molecular formula is C15H22N2. The molecule has 0 aliphatic heterocycles. The van der Waals surface area contributed by atoms with Crippen LogP contribution in [0.4, 0.5) is 0 Å². The minimum Gasteiger partial charge on any atom is -0.328 e. The van der Waals surface area contributed by atoms with Crippen LogP contribution in [0, 0.1) is 5.92 Å². The van der Waals surface area contributed by atoms with Crippen LogP contribution in [0.25, 0.3) is 0 Å². The van der Waals surface area contributed by atoms with Crippen molar-refractivity contribution in [2.24, 2.45) is 11.7 Å². The van der Waals surface area contributed by atoms with Gasteiger partial charge in [0.15, 0.2) is 0 Å². The fraction of sp³-hybridized carbons (Fsp3) is 0.600. The zero-order valence-corrected chi connectivity index (χ0v) is 10.3. The lowest BCUT2D eigenvalue weighted by Crippen LogP contribution is -2.25. The molecule has 4 atom stereocenters. The Balaban J connectivity index is 1.44. The lowest BCUT2D eigenvalue weighted by Gasteiger charge is -2.10. The van der Waals surface area contributed by atoms with Crippen molar-refractivity contribution in [3.05, 3.63) is 35.9 Å². The van der Waals surface area contributed by atoms with Gasteiger partial charge in [-0.05, 0) is 43.7 Å². The van der Waals surface area contributed by atoms with E-state index in [0.29, 0.717) is 12.1 Å². The number of rotatable bonds is 4. The van der Waals surface area contributed by atoms with Crippen LogP contribution in [0.3, 0.4) is 0 Å². The minimum absolute atomic E-state index is 0.464. The average molecular weight is 230 g/mol. The Bertz CT molecular complexity index is 362. The van der Waals surface area contributed by atoms with Crippen LogP contribution >= 0.6 is 0 Å². The number of benzene rings is 1. The van der Waals surface area contributed by atoms with E-state index in [1.807, 2.05) is 0 Å². The predicted octanol–water partition coefficient (Wildman–Crippen LogP) is 2.26. The Kier molecular flexibility index (Phi) is 3.17. The molecule has 0 spiro atoms. The van der Waals surface area contributed by atoms with E-state index < -0.39 is 0 Å². The van der Waals surface area contributed by atoms with Gasteiger partial charge in [0, 0.05) is 18.0 Å². The van der Waals surface area contributed by atoms with E-state index in [1.165, 1.54) is 37.8 Å². The van der Waals surface area contributed by atoms with Gasteiger partial charge in [0.05, 0.1) is 0 Å². The summed E-state index contributed by atoms with van der Waals surface area (Å²) < 4.78 is 0. The SMILES string of the molecule is NC1CCC(CNC2CC2c2ccccc2)C1. The molecule has 0 radical (unpaired) electrons. The van der Waals surface area contributed by atoms with Gasteiger partial charge < -0.3 is 11.1 Å². The lowest BCUT2D eigenvalue weighted by molar-refractivity contribution is 0.478. The second-order valence-corrected chi connectivity index (χ2v) is 5.71. The molecule has 0 saturated heterocycles. The molecule has 2 aliphatic carbocycles. The topological polar surface area (TPSA) is 38.0 Å². The van der Waals surface area contributed by atoms with Gasteiger partial charge in [-0.2, -0.15) is 0 Å². The van der Waals surface area contributed by atoms with Crippen LogP contribution in [0.5, 0.6) is 0 Å². The van der Waals surface area contributed by atoms with Gasteiger partial charge in [-0.25, -0.2) is 0 Å². The Morgan fingerprint density at radius 2 is 1.94 bits per heavy atom. The van der Waals surface area contributed by atoms with Gasteiger partial charge in [-0.3, -0.25) is 0 Å². The van der Waals surface area contributed by atoms with Gasteiger partial charge in [0.25, 0.3) is 0 Å². The summed E-state index contributed by atoms with van der Waals surface area (Å²) in [6.45, 7) is 1.17. The highest BCUT2D eigenvalue weighted by atomic mass is 15.0. The summed E-state index contributed by atoms with van der Waals surface area (Å²) in [5.41, 5.74) is 7.43. The molecule has 2 saturated carbocycles. The summed E-state index contributed by atoms with van der Waals surface area (Å²) >= 11 is 0. The zero-order chi connectivity index (χ0) is 11.7. The molecule has 2 heteroatoms. The van der Waals surface area contributed by atoms with Gasteiger partial charge in [0.2, 0.25) is 0 Å². The fourth-order valence-electron chi connectivity index (χ4n) is 3.11. The Morgan fingerprint density at radius 1 is 1.12 bits per heavy atom. The standard InChI is InChI=1S/C15H22N2/c16-13-7-6-11(8-13)10-17-15-9-14(15)12-4-2-1-3-5-12/h1-5,11,13-15,17H,6-10,16H2. The maximum absolute atomic E-state index is 5.94. The van der Waals surface area contributed by atoms with E-state index in [9.17, 15) is 0 Å². The molecule has 0 heterocycles. The highest BCUT2D eigenvalue weighted by Crippen LogP contribution is 2.40. The number of nitrogens with two attached hydrogens (primary N) is 1. The first-order valence-electron chi connectivity index (χ1n) is 6.87. The third-order valence-electron chi connectivity index (χ3n) is 4.27. The zero-order valence-electron chi connectivity index (χ0n) is 10.3. The van der Waals surface area contributed by atoms with Gasteiger partial charge in [0.1, 0.15) is 0 Å². The van der Waals surface area contributed by atoms with Crippen LogP contribution in [-0.4, -0.2) is 18.6 Å². The molecule has 3 rings (SSSR count). The first-order valence-corrected chi connectivity index (χ1v) is 6.87. The lowest BCUT2D eigenvalue weighted by atomic mass is 10.1. The summed E-state index contributed by atoms with van der Waals surface area (Å²) in [5.74, 6) is 1.58. The smallest absolute Gasteiger partial charge is 0.0143 e. The molecular weight excluding hydrogens is 208 g/mol. The summed E-state index contributed by atoms with van der Waals surface area (Å²) in [5, 5.41) is 3.71. The molecule has 0 amide bonds. The van der Waals surface area contributed by atoms with Gasteiger partial charge in [-0.1, -0.05) is 30.3 Å². The monoisotopic (exact) mass is 230 g/mol. The van der Waals surface area contributed by atoms with Crippen LogP contribution in [0.15, 0.2) is 30.3 Å². The van der Waals surface area contributed by atoms with E-state index in [4.69, 9.17) is 5.73 Å². The normalized spacial score (nSPS) is 36.1. The Morgan fingerprint density at radius 3 is 2.65 bits per heavy atom. The molecule has 3 N–H and O–H groups in total. The first kappa shape index (κ1) is 11.2. The largest absolute Gasteiger partial charge is 0.328 e. The van der Waals surface area contributed by atoms with Gasteiger partial charge >= 0.3 is 0 Å². The molecule has 1 aromatic carbocycles. The van der Waals surface area contributed by atoms with E-state index in [2.05, 4.69) is 35.6 Å². The van der Waals surface area contributed by atoms with Crippen LogP contribution in [0.2, 0.25) is 0 Å². The highest BCUT2D eigenvalue weighted by Gasteiger charge is 2.38. The maximum atomic E-state index is 5.94. The van der Waals surface area contributed by atoms with Gasteiger partial charge in [-0.15, -0.1) is 0 Å². The third-order valence-corrected chi connectivity index (χ3v) is 4.27. The van der Waals surface area contributed by atoms with Crippen LogP contribution in [0.1, 0.15) is 37.2 Å². The molecule has 17 heavy (non-hydrogen) atoms. The second-order valence-electron chi connectivity index (χ2n) is 5.71. The Hall–Kier alpha value is -0.860. The molecule has 2 fully saturated rings. The summed E-state index contributed by atoms with van der Waals surface area (Å²) in [6, 6.07) is 12.0. The van der Waals surface area contributed by atoms with Crippen LogP contribution in [-0.2, 0) is 0 Å². The van der Waals surface area contributed by atoms with Crippen molar-refractivity contribution in [2.45, 2.75) is 43.7 Å². The summed E-state index contributed by atoms with van der Waals surface area (Å²) in [4.78, 5) is 0. The number of hydrogen-bond acceptors (Lipinski definition) is 2. The number of hydrogen-bond donors (Lipinski definition) is 2. The van der Waals surface area contributed by atoms with Crippen molar-refractivity contribution in [3.63, 3.8) is 0 Å². The van der Waals surface area contributed by atoms with E-state index in [-0.39, 0.29) is 0 Å². The predicted molar refractivity (Wildman–Crippen MR) is 70.9 cm³/mol. The van der Waals surface area contributed by atoms with E-state index in [0.717, 1.165) is 11.8 Å². The van der Waals surface area contributed by atoms with Crippen molar-refractivity contribution in [1.29, 1.82) is 0 Å². The highest BCUT2D eigenvalue weighted by molar-refractivity contribution is 5.27. The average Bonchev–Trinajstić information content (AvgIpc) is 3.03. The molecule has 1 aromatic rings. The fourth-order valence-corrected chi connectivity index (χ4v) is 3.11. The first-order chi connectivity index (χ1) is 8.33. The second kappa shape index (κ2) is 4.79. The summed E-state index contributed by atoms with van der Waals surface area (Å²) in [6.07, 6.45) is 5.06. The maximum Gasteiger partial charge on any atom is 0.0143 e. The molecule has 0 aromatic heterocycles. The van der Waals surface area contributed by atoms with E-state index >= 15 is 0 Å².